The summed E-state index contributed by atoms with van der Waals surface area (Å²) in [5.74, 6) is -2.62. The highest BCUT2D eigenvalue weighted by Crippen LogP contribution is 2.51. The highest BCUT2D eigenvalue weighted by Gasteiger charge is 2.62. The van der Waals surface area contributed by atoms with Crippen LogP contribution in [0.25, 0.3) is 0 Å². The summed E-state index contributed by atoms with van der Waals surface area (Å²) >= 11 is 0. The van der Waals surface area contributed by atoms with Crippen LogP contribution in [0.2, 0.25) is 0 Å². The third-order valence-electron chi connectivity index (χ3n) is 4.82. The lowest BCUT2D eigenvalue weighted by atomic mass is 9.81. The fourth-order valence-corrected chi connectivity index (χ4v) is 3.13. The van der Waals surface area contributed by atoms with Gasteiger partial charge in [-0.2, -0.15) is 0 Å². The first-order valence-electron chi connectivity index (χ1n) is 6.85. The summed E-state index contributed by atoms with van der Waals surface area (Å²) in [4.78, 5) is 25.1. The van der Waals surface area contributed by atoms with Crippen molar-refractivity contribution in [2.75, 3.05) is 0 Å². The molecule has 116 valence electrons. The summed E-state index contributed by atoms with van der Waals surface area (Å²) in [6, 6.07) is 0. The van der Waals surface area contributed by atoms with Gasteiger partial charge >= 0.3 is 0 Å². The highest BCUT2D eigenvalue weighted by molar-refractivity contribution is 6.27. The molecule has 0 saturated carbocycles. The second-order valence-corrected chi connectivity index (χ2v) is 5.88. The number of carbonyl (C=O) groups is 2. The van der Waals surface area contributed by atoms with Crippen molar-refractivity contribution in [1.82, 2.24) is 0 Å². The standard InChI is InChI=1S/C16H16O6/c1-5-6(2)10(17)11(18)12-9(5)14(20)16(21)13(19)7(3)8(4)15(16)22-12/h15,17-18,21H,1-4H3/t15-,16+/m0/s1. The minimum atomic E-state index is -2.30. The van der Waals surface area contributed by atoms with Crippen molar-refractivity contribution in [2.24, 2.45) is 0 Å². The first-order valence-corrected chi connectivity index (χ1v) is 6.85. The lowest BCUT2D eigenvalue weighted by Crippen LogP contribution is -2.57. The fourth-order valence-electron chi connectivity index (χ4n) is 3.13. The summed E-state index contributed by atoms with van der Waals surface area (Å²) in [6.45, 7) is 6.20. The lowest BCUT2D eigenvalue weighted by molar-refractivity contribution is -0.133. The van der Waals surface area contributed by atoms with Crippen molar-refractivity contribution < 1.29 is 29.6 Å². The Hall–Kier alpha value is -2.34. The molecule has 0 aromatic heterocycles. The number of ketones is 2. The maximum Gasteiger partial charge on any atom is 0.231 e. The Bertz CT molecular complexity index is 789. The zero-order valence-corrected chi connectivity index (χ0v) is 12.6. The van der Waals surface area contributed by atoms with E-state index in [9.17, 15) is 24.9 Å². The molecule has 1 aliphatic carbocycles. The van der Waals surface area contributed by atoms with Crippen molar-refractivity contribution in [3.63, 3.8) is 0 Å². The average Bonchev–Trinajstić information content (AvgIpc) is 2.66. The first-order chi connectivity index (χ1) is 10.1. The van der Waals surface area contributed by atoms with E-state index < -0.39 is 29.0 Å². The van der Waals surface area contributed by atoms with Gasteiger partial charge in [0.15, 0.2) is 17.6 Å². The van der Waals surface area contributed by atoms with E-state index in [0.29, 0.717) is 16.7 Å². The molecule has 0 radical (unpaired) electrons. The van der Waals surface area contributed by atoms with E-state index in [1.165, 1.54) is 13.8 Å². The maximum atomic E-state index is 12.8. The lowest BCUT2D eigenvalue weighted by Gasteiger charge is -2.35. The summed E-state index contributed by atoms with van der Waals surface area (Å²) in [5, 5.41) is 30.7. The summed E-state index contributed by atoms with van der Waals surface area (Å²) in [6.07, 6.45) is -1.19. The van der Waals surface area contributed by atoms with Crippen molar-refractivity contribution >= 4 is 11.6 Å². The Balaban J connectivity index is 2.35. The Kier molecular flexibility index (Phi) is 2.72. The van der Waals surface area contributed by atoms with Gasteiger partial charge in [0.2, 0.25) is 22.9 Å². The van der Waals surface area contributed by atoms with Crippen molar-refractivity contribution in [3.05, 3.63) is 27.8 Å². The highest BCUT2D eigenvalue weighted by atomic mass is 16.5. The Morgan fingerprint density at radius 1 is 0.955 bits per heavy atom. The summed E-state index contributed by atoms with van der Waals surface area (Å²) in [5.41, 5.74) is -1.01. The molecule has 2 atom stereocenters. The SMILES string of the molecule is CC1=C(C)[C@@H]2Oc3c(O)c(O)c(C)c(C)c3C(=O)[C@]2(O)C1=O. The summed E-state index contributed by atoms with van der Waals surface area (Å²) in [7, 11) is 0. The molecule has 3 N–H and O–H groups in total. The number of hydrogen-bond acceptors (Lipinski definition) is 6. The Labute approximate surface area is 126 Å². The van der Waals surface area contributed by atoms with Crippen molar-refractivity contribution in [3.8, 4) is 17.2 Å². The molecule has 1 aromatic rings. The molecule has 0 amide bonds. The molecule has 0 unspecified atom stereocenters. The van der Waals surface area contributed by atoms with E-state index in [-0.39, 0.29) is 22.6 Å². The number of fused-ring (bicyclic) bond motifs is 2. The van der Waals surface area contributed by atoms with Gasteiger partial charge in [0.25, 0.3) is 0 Å². The normalized spacial score (nSPS) is 26.9. The van der Waals surface area contributed by atoms with Crippen LogP contribution in [0.15, 0.2) is 11.1 Å². The largest absolute Gasteiger partial charge is 0.504 e. The molecule has 6 heteroatoms. The zero-order valence-electron chi connectivity index (χ0n) is 12.6. The van der Waals surface area contributed by atoms with Gasteiger partial charge in [-0.15, -0.1) is 0 Å². The van der Waals surface area contributed by atoms with E-state index in [4.69, 9.17) is 4.74 Å². The van der Waals surface area contributed by atoms with Crippen LogP contribution in [-0.2, 0) is 4.79 Å². The number of phenolic OH excluding ortho intramolecular Hbond substituents is 2. The van der Waals surface area contributed by atoms with Crippen LogP contribution in [0.3, 0.4) is 0 Å². The molecule has 0 fully saturated rings. The molecular formula is C16H16O6. The van der Waals surface area contributed by atoms with Crippen LogP contribution in [0.4, 0.5) is 0 Å². The Morgan fingerprint density at radius 2 is 1.55 bits per heavy atom. The quantitative estimate of drug-likeness (QED) is 0.493. The van der Waals surface area contributed by atoms with Gasteiger partial charge < -0.3 is 20.1 Å². The predicted molar refractivity (Wildman–Crippen MR) is 76.3 cm³/mol. The van der Waals surface area contributed by atoms with Gasteiger partial charge in [0.1, 0.15) is 0 Å². The third kappa shape index (κ3) is 1.38. The fraction of sp³-hybridized carbons (Fsp3) is 0.375. The smallest absolute Gasteiger partial charge is 0.231 e. The molecule has 2 aliphatic rings. The van der Waals surface area contributed by atoms with E-state index in [1.807, 2.05) is 0 Å². The van der Waals surface area contributed by atoms with Crippen LogP contribution in [0, 0.1) is 13.8 Å². The number of Topliss-reactive ketones (excluding diaryl/α,β-unsaturated/α-hetero) is 2. The number of hydrogen-bond donors (Lipinski definition) is 3. The number of rotatable bonds is 0. The van der Waals surface area contributed by atoms with E-state index in [2.05, 4.69) is 0 Å². The molecule has 1 heterocycles. The predicted octanol–water partition coefficient (Wildman–Crippen LogP) is 1.31. The number of benzene rings is 1. The first kappa shape index (κ1) is 14.6. The molecule has 1 aliphatic heterocycles. The van der Waals surface area contributed by atoms with Crippen LogP contribution >= 0.6 is 0 Å². The number of phenols is 2. The molecule has 6 nitrogen and oxygen atoms in total. The monoisotopic (exact) mass is 304 g/mol. The van der Waals surface area contributed by atoms with Gasteiger partial charge in [0.05, 0.1) is 5.56 Å². The minimum Gasteiger partial charge on any atom is -0.504 e. The van der Waals surface area contributed by atoms with Gasteiger partial charge in [-0.1, -0.05) is 0 Å². The van der Waals surface area contributed by atoms with Crippen molar-refractivity contribution in [2.45, 2.75) is 39.4 Å². The van der Waals surface area contributed by atoms with E-state index >= 15 is 0 Å². The topological polar surface area (TPSA) is 104 Å². The number of ether oxygens (including phenoxy) is 1. The molecule has 1 aromatic carbocycles. The maximum absolute atomic E-state index is 12.8. The van der Waals surface area contributed by atoms with Gasteiger partial charge in [0, 0.05) is 0 Å². The molecule has 22 heavy (non-hydrogen) atoms. The van der Waals surface area contributed by atoms with Crippen LogP contribution in [0.5, 0.6) is 17.2 Å². The van der Waals surface area contributed by atoms with Crippen LogP contribution < -0.4 is 4.74 Å². The minimum absolute atomic E-state index is 0.0672. The third-order valence-corrected chi connectivity index (χ3v) is 4.82. The van der Waals surface area contributed by atoms with Crippen molar-refractivity contribution in [1.29, 1.82) is 0 Å². The Morgan fingerprint density at radius 3 is 2.14 bits per heavy atom. The average molecular weight is 304 g/mol. The molecular weight excluding hydrogens is 288 g/mol. The van der Waals surface area contributed by atoms with Gasteiger partial charge in [-0.25, -0.2) is 0 Å². The summed E-state index contributed by atoms with van der Waals surface area (Å²) < 4.78 is 5.57. The molecule has 0 spiro atoms. The van der Waals surface area contributed by atoms with Crippen LogP contribution in [-0.4, -0.2) is 38.6 Å². The van der Waals surface area contributed by atoms with E-state index in [1.54, 1.807) is 13.8 Å². The second-order valence-electron chi connectivity index (χ2n) is 5.88. The molecule has 3 rings (SSSR count). The number of aromatic hydroxyl groups is 2. The zero-order chi connectivity index (χ0) is 16.6. The van der Waals surface area contributed by atoms with Crippen LogP contribution in [0.1, 0.15) is 35.3 Å². The number of carbonyl (C=O) groups excluding carboxylic acids is 2. The second kappa shape index (κ2) is 4.10. The van der Waals surface area contributed by atoms with Gasteiger partial charge in [-0.3, -0.25) is 9.59 Å². The molecule has 0 saturated heterocycles. The molecule has 0 bridgehead atoms. The number of aliphatic hydroxyl groups is 1. The van der Waals surface area contributed by atoms with Gasteiger partial charge in [-0.05, 0) is 50.0 Å². The van der Waals surface area contributed by atoms with E-state index in [0.717, 1.165) is 0 Å².